The molecule has 2 aromatic heterocycles. The molecule has 0 aromatic carbocycles. The van der Waals surface area contributed by atoms with E-state index in [9.17, 15) is 14.7 Å². The molecule has 184 valence electrons. The van der Waals surface area contributed by atoms with Gasteiger partial charge in [0, 0.05) is 12.8 Å². The summed E-state index contributed by atoms with van der Waals surface area (Å²) in [6.45, 7) is 2.34. The van der Waals surface area contributed by atoms with E-state index in [0.29, 0.717) is 18.5 Å². The van der Waals surface area contributed by atoms with E-state index in [0.717, 1.165) is 19.3 Å². The van der Waals surface area contributed by atoms with Crippen molar-refractivity contribution in [2.45, 2.75) is 109 Å². The zero-order valence-electron chi connectivity index (χ0n) is 19.7. The van der Waals surface area contributed by atoms with Crippen LogP contribution < -0.4 is 5.56 Å². The molecule has 9 heteroatoms. The minimum atomic E-state index is -0.807. The van der Waals surface area contributed by atoms with E-state index in [-0.39, 0.29) is 23.7 Å². The maximum Gasteiger partial charge on any atom is 0.305 e. The highest BCUT2D eigenvalue weighted by atomic mass is 16.6. The Morgan fingerprint density at radius 1 is 1.12 bits per heavy atom. The summed E-state index contributed by atoms with van der Waals surface area (Å²) >= 11 is 0. The Morgan fingerprint density at radius 2 is 1.79 bits per heavy atom. The lowest BCUT2D eigenvalue weighted by Gasteiger charge is -2.16. The van der Waals surface area contributed by atoms with Crippen LogP contribution in [0.25, 0.3) is 11.2 Å². The highest BCUT2D eigenvalue weighted by Gasteiger charge is 2.37. The normalized spacial score (nSPS) is 20.5. The maximum absolute atomic E-state index is 12.1. The molecule has 0 amide bonds. The van der Waals surface area contributed by atoms with E-state index >= 15 is 0 Å². The van der Waals surface area contributed by atoms with Crippen LogP contribution in [0.1, 0.15) is 96.6 Å². The number of rotatable bonds is 15. The van der Waals surface area contributed by atoms with Crippen LogP contribution in [0, 0.1) is 0 Å². The minimum Gasteiger partial charge on any atom is -0.463 e. The standard InChI is InChI=1S/C24H38N4O5/c1-2-3-4-5-6-7-8-9-10-11-12-13-20(30)32-15-18-14-19(29)24(33-18)28-17-27-21-22(28)25-16-26-23(21)31/h16-19,24,29H,2-15H2,1H3,(H,25,26,31)/t18-,19+,24+/m0/s1. The van der Waals surface area contributed by atoms with Crippen LogP contribution in [0.2, 0.25) is 0 Å². The third-order valence-corrected chi connectivity index (χ3v) is 6.22. The van der Waals surface area contributed by atoms with Gasteiger partial charge in [-0.2, -0.15) is 0 Å². The Bertz CT molecular complexity index is 912. The van der Waals surface area contributed by atoms with Crippen molar-refractivity contribution in [2.75, 3.05) is 6.61 Å². The first kappa shape index (κ1) is 25.4. The Kier molecular flexibility index (Phi) is 10.3. The molecule has 0 bridgehead atoms. The quantitative estimate of drug-likeness (QED) is 0.303. The molecule has 0 saturated carbocycles. The fourth-order valence-corrected chi connectivity index (χ4v) is 4.33. The zero-order valence-corrected chi connectivity index (χ0v) is 19.7. The summed E-state index contributed by atoms with van der Waals surface area (Å²) < 4.78 is 12.8. The van der Waals surface area contributed by atoms with E-state index in [2.05, 4.69) is 21.9 Å². The number of H-pyrrole nitrogens is 1. The second kappa shape index (κ2) is 13.4. The highest BCUT2D eigenvalue weighted by Crippen LogP contribution is 2.30. The lowest BCUT2D eigenvalue weighted by atomic mass is 10.1. The number of aromatic amines is 1. The van der Waals surface area contributed by atoms with Crippen molar-refractivity contribution in [1.29, 1.82) is 0 Å². The van der Waals surface area contributed by atoms with Gasteiger partial charge in [-0.3, -0.25) is 14.2 Å². The van der Waals surface area contributed by atoms with Crippen molar-refractivity contribution in [3.63, 3.8) is 0 Å². The maximum atomic E-state index is 12.1. The van der Waals surface area contributed by atoms with Gasteiger partial charge in [0.2, 0.25) is 0 Å². The Balaban J connectivity index is 1.27. The summed E-state index contributed by atoms with van der Waals surface area (Å²) in [5.74, 6) is -0.228. The Labute approximate surface area is 194 Å². The summed E-state index contributed by atoms with van der Waals surface area (Å²) in [4.78, 5) is 34.5. The largest absolute Gasteiger partial charge is 0.463 e. The number of aromatic nitrogens is 4. The molecular weight excluding hydrogens is 424 g/mol. The van der Waals surface area contributed by atoms with Gasteiger partial charge in [-0.25, -0.2) is 9.97 Å². The molecule has 3 heterocycles. The number of carbonyl (C=O) groups excluding carboxylic acids is 1. The van der Waals surface area contributed by atoms with E-state index < -0.39 is 18.4 Å². The van der Waals surface area contributed by atoms with Crippen molar-refractivity contribution in [3.8, 4) is 0 Å². The molecule has 33 heavy (non-hydrogen) atoms. The van der Waals surface area contributed by atoms with Crippen molar-refractivity contribution >= 4 is 17.1 Å². The predicted octanol–water partition coefficient (Wildman–Crippen LogP) is 4.01. The van der Waals surface area contributed by atoms with Gasteiger partial charge in [-0.05, 0) is 6.42 Å². The average molecular weight is 463 g/mol. The molecule has 0 aliphatic carbocycles. The Hall–Kier alpha value is -2.26. The fourth-order valence-electron chi connectivity index (χ4n) is 4.33. The van der Waals surface area contributed by atoms with Gasteiger partial charge in [-0.1, -0.05) is 71.1 Å². The molecular formula is C24H38N4O5. The van der Waals surface area contributed by atoms with Crippen LogP contribution in [-0.4, -0.2) is 49.4 Å². The number of nitrogens with zero attached hydrogens (tertiary/aromatic N) is 3. The number of aliphatic hydroxyl groups excluding tert-OH is 1. The van der Waals surface area contributed by atoms with Crippen LogP contribution in [0.3, 0.4) is 0 Å². The molecule has 3 rings (SSSR count). The van der Waals surface area contributed by atoms with Crippen LogP contribution in [0.4, 0.5) is 0 Å². The second-order valence-electron chi connectivity index (χ2n) is 8.98. The van der Waals surface area contributed by atoms with E-state index in [1.165, 1.54) is 64.0 Å². The monoisotopic (exact) mass is 462 g/mol. The van der Waals surface area contributed by atoms with E-state index in [4.69, 9.17) is 9.47 Å². The van der Waals surface area contributed by atoms with Crippen LogP contribution in [0.15, 0.2) is 17.4 Å². The van der Waals surface area contributed by atoms with Crippen molar-refractivity contribution < 1.29 is 19.4 Å². The average Bonchev–Trinajstić information content (AvgIpc) is 3.40. The van der Waals surface area contributed by atoms with Gasteiger partial charge in [0.05, 0.1) is 18.8 Å². The number of hydrogen-bond acceptors (Lipinski definition) is 7. The summed E-state index contributed by atoms with van der Waals surface area (Å²) in [6, 6.07) is 0. The number of imidazole rings is 1. The van der Waals surface area contributed by atoms with Crippen molar-refractivity contribution in [3.05, 3.63) is 23.0 Å². The predicted molar refractivity (Wildman–Crippen MR) is 125 cm³/mol. The molecule has 0 unspecified atom stereocenters. The third-order valence-electron chi connectivity index (χ3n) is 6.22. The summed E-state index contributed by atoms with van der Waals surface area (Å²) in [7, 11) is 0. The number of aliphatic hydroxyl groups is 1. The number of hydrogen-bond donors (Lipinski definition) is 2. The van der Waals surface area contributed by atoms with Crippen LogP contribution >= 0.6 is 0 Å². The Morgan fingerprint density at radius 3 is 2.48 bits per heavy atom. The van der Waals surface area contributed by atoms with Gasteiger partial charge in [0.1, 0.15) is 12.7 Å². The van der Waals surface area contributed by atoms with Crippen LogP contribution in [0.5, 0.6) is 0 Å². The molecule has 2 N–H and O–H groups in total. The second-order valence-corrected chi connectivity index (χ2v) is 8.98. The third kappa shape index (κ3) is 7.64. The van der Waals surface area contributed by atoms with Crippen LogP contribution in [-0.2, 0) is 14.3 Å². The summed E-state index contributed by atoms with van der Waals surface area (Å²) in [5.41, 5.74) is 0.186. The lowest BCUT2D eigenvalue weighted by molar-refractivity contribution is -0.148. The molecule has 1 fully saturated rings. The van der Waals surface area contributed by atoms with Gasteiger partial charge in [0.25, 0.3) is 5.56 Å². The lowest BCUT2D eigenvalue weighted by Crippen LogP contribution is -2.20. The molecule has 1 aliphatic heterocycles. The van der Waals surface area contributed by atoms with Gasteiger partial charge in [0.15, 0.2) is 17.4 Å². The molecule has 2 aromatic rings. The number of nitrogens with one attached hydrogen (secondary N) is 1. The first-order valence-corrected chi connectivity index (χ1v) is 12.5. The van der Waals surface area contributed by atoms with Gasteiger partial charge in [-0.15, -0.1) is 0 Å². The van der Waals surface area contributed by atoms with Gasteiger partial charge < -0.3 is 19.6 Å². The highest BCUT2D eigenvalue weighted by molar-refractivity contribution is 5.69. The van der Waals surface area contributed by atoms with E-state index in [1.807, 2.05) is 0 Å². The fraction of sp³-hybridized carbons (Fsp3) is 0.750. The smallest absolute Gasteiger partial charge is 0.305 e. The molecule has 1 aliphatic rings. The number of fused-ring (bicyclic) bond motifs is 1. The topological polar surface area (TPSA) is 119 Å². The van der Waals surface area contributed by atoms with E-state index in [1.54, 1.807) is 4.57 Å². The zero-order chi connectivity index (χ0) is 23.5. The molecule has 1 saturated heterocycles. The molecule has 3 atom stereocenters. The number of carbonyl (C=O) groups is 1. The summed E-state index contributed by atoms with van der Waals surface area (Å²) in [6.07, 6.45) is 15.1. The van der Waals surface area contributed by atoms with Crippen molar-refractivity contribution in [1.82, 2.24) is 19.5 Å². The number of unbranched alkanes of at least 4 members (excludes halogenated alkanes) is 10. The SMILES string of the molecule is CCCCCCCCCCCCCC(=O)OC[C@@H]1C[C@@H](O)[C@H](n2cnc3c(=O)[nH]cnc32)O1. The van der Waals surface area contributed by atoms with Gasteiger partial charge >= 0.3 is 5.97 Å². The first-order valence-electron chi connectivity index (χ1n) is 12.5. The minimum absolute atomic E-state index is 0.102. The molecule has 0 radical (unpaired) electrons. The molecule has 9 nitrogen and oxygen atoms in total. The summed E-state index contributed by atoms with van der Waals surface area (Å²) in [5, 5.41) is 10.4. The molecule has 0 spiro atoms. The number of esters is 1. The first-order chi connectivity index (χ1) is 16.1. The van der Waals surface area contributed by atoms with Crippen molar-refractivity contribution in [2.24, 2.45) is 0 Å². The number of ether oxygens (including phenoxy) is 2.